The Morgan fingerprint density at radius 2 is 1.73 bits per heavy atom. The highest BCUT2D eigenvalue weighted by Crippen LogP contribution is 2.32. The van der Waals surface area contributed by atoms with E-state index in [1.165, 1.54) is 5.69 Å². The fourth-order valence-electron chi connectivity index (χ4n) is 3.61. The summed E-state index contributed by atoms with van der Waals surface area (Å²) < 4.78 is 8.03. The van der Waals surface area contributed by atoms with Crippen molar-refractivity contribution >= 4 is 11.6 Å². The van der Waals surface area contributed by atoms with Gasteiger partial charge in [0.15, 0.2) is 0 Å². The fraction of sp³-hybridized carbons (Fsp3) is 0.333. The summed E-state index contributed by atoms with van der Waals surface area (Å²) >= 11 is 6.22. The molecule has 1 aromatic carbocycles. The fourth-order valence-corrected chi connectivity index (χ4v) is 3.73. The minimum Gasteiger partial charge on any atom is -0.379 e. The molecular formula is C21H22ClN3O. The van der Waals surface area contributed by atoms with Gasteiger partial charge in [0.1, 0.15) is 5.82 Å². The molecule has 0 unspecified atom stereocenters. The molecule has 0 amide bonds. The van der Waals surface area contributed by atoms with Crippen LogP contribution in [0.15, 0.2) is 30.3 Å². The number of nitrogens with zero attached hydrogens (tertiary/aromatic N) is 3. The Kier molecular flexibility index (Phi) is 4.55. The number of rotatable bonds is 2. The van der Waals surface area contributed by atoms with Crippen LogP contribution in [0.25, 0.3) is 22.6 Å². The first-order valence-corrected chi connectivity index (χ1v) is 9.30. The molecule has 4 nitrogen and oxygen atoms in total. The first-order chi connectivity index (χ1) is 12.5. The van der Waals surface area contributed by atoms with Crippen molar-refractivity contribution in [2.75, 3.05) is 13.2 Å². The molecule has 0 bridgehead atoms. The number of halogens is 1. The van der Waals surface area contributed by atoms with Crippen molar-refractivity contribution in [2.24, 2.45) is 0 Å². The Hall–Kier alpha value is -2.17. The monoisotopic (exact) mass is 367 g/mol. The van der Waals surface area contributed by atoms with Crippen LogP contribution in [0.3, 0.4) is 0 Å². The molecular weight excluding hydrogens is 346 g/mol. The zero-order valence-electron chi connectivity index (χ0n) is 15.3. The molecule has 26 heavy (non-hydrogen) atoms. The molecule has 3 aromatic rings. The lowest BCUT2D eigenvalue weighted by atomic mass is 10.1. The van der Waals surface area contributed by atoms with E-state index >= 15 is 0 Å². The second-order valence-electron chi connectivity index (χ2n) is 6.85. The van der Waals surface area contributed by atoms with E-state index in [2.05, 4.69) is 27.8 Å². The maximum absolute atomic E-state index is 6.22. The third-order valence-electron chi connectivity index (χ3n) is 4.79. The molecule has 0 radical (unpaired) electrons. The van der Waals surface area contributed by atoms with E-state index in [-0.39, 0.29) is 0 Å². The van der Waals surface area contributed by atoms with Crippen LogP contribution in [0, 0.1) is 20.8 Å². The highest BCUT2D eigenvalue weighted by molar-refractivity contribution is 6.31. The largest absolute Gasteiger partial charge is 0.379 e. The molecule has 0 fully saturated rings. The first-order valence-electron chi connectivity index (χ1n) is 8.92. The van der Waals surface area contributed by atoms with Crippen LogP contribution in [0.4, 0.5) is 0 Å². The smallest absolute Gasteiger partial charge is 0.140 e. The van der Waals surface area contributed by atoms with E-state index in [1.54, 1.807) is 0 Å². The average Bonchev–Trinajstić information content (AvgIpc) is 2.78. The SMILES string of the molecule is Cc1cc(-c2nc(-c3ccc(Cl)c(C)c3)n3c2CCOCC3)cc(C)n1. The maximum atomic E-state index is 6.22. The summed E-state index contributed by atoms with van der Waals surface area (Å²) in [5, 5.41) is 0.778. The van der Waals surface area contributed by atoms with E-state index in [0.29, 0.717) is 6.61 Å². The van der Waals surface area contributed by atoms with Crippen molar-refractivity contribution in [3.05, 3.63) is 58.0 Å². The van der Waals surface area contributed by atoms with Gasteiger partial charge in [-0.05, 0) is 56.7 Å². The molecule has 5 heteroatoms. The van der Waals surface area contributed by atoms with Crippen LogP contribution < -0.4 is 0 Å². The molecule has 0 aliphatic carbocycles. The van der Waals surface area contributed by atoms with Crippen molar-refractivity contribution in [2.45, 2.75) is 33.7 Å². The van der Waals surface area contributed by atoms with Gasteiger partial charge in [0, 0.05) is 46.2 Å². The molecule has 0 saturated carbocycles. The standard InChI is InChI=1S/C21H22ClN3O/c1-13-10-16(4-5-18(13)22)21-24-20(17-11-14(2)23-15(3)12-17)19-6-8-26-9-7-25(19)21/h4-5,10-12H,6-9H2,1-3H3. The molecule has 0 atom stereocenters. The highest BCUT2D eigenvalue weighted by Gasteiger charge is 2.22. The number of hydrogen-bond acceptors (Lipinski definition) is 3. The molecule has 134 valence electrons. The normalized spacial score (nSPS) is 14.2. The molecule has 0 N–H and O–H groups in total. The van der Waals surface area contributed by atoms with Crippen LogP contribution in [-0.4, -0.2) is 27.7 Å². The number of ether oxygens (including phenoxy) is 1. The van der Waals surface area contributed by atoms with E-state index in [0.717, 1.165) is 64.2 Å². The van der Waals surface area contributed by atoms with E-state index in [1.807, 2.05) is 32.9 Å². The Balaban J connectivity index is 1.93. The van der Waals surface area contributed by atoms with Gasteiger partial charge in [0.05, 0.1) is 18.9 Å². The number of aryl methyl sites for hydroxylation is 3. The van der Waals surface area contributed by atoms with Gasteiger partial charge in [-0.25, -0.2) is 4.98 Å². The van der Waals surface area contributed by atoms with Crippen LogP contribution in [0.5, 0.6) is 0 Å². The summed E-state index contributed by atoms with van der Waals surface area (Å²) in [4.78, 5) is 9.57. The van der Waals surface area contributed by atoms with Crippen molar-refractivity contribution in [3.63, 3.8) is 0 Å². The van der Waals surface area contributed by atoms with Gasteiger partial charge < -0.3 is 9.30 Å². The van der Waals surface area contributed by atoms with E-state index < -0.39 is 0 Å². The van der Waals surface area contributed by atoms with E-state index in [9.17, 15) is 0 Å². The average molecular weight is 368 g/mol. The van der Waals surface area contributed by atoms with Gasteiger partial charge in [0.25, 0.3) is 0 Å². The molecule has 1 aliphatic heterocycles. The number of fused-ring (bicyclic) bond motifs is 1. The number of benzene rings is 1. The number of pyridine rings is 1. The summed E-state index contributed by atoms with van der Waals surface area (Å²) in [5.41, 5.74) is 7.55. The molecule has 3 heterocycles. The summed E-state index contributed by atoms with van der Waals surface area (Å²) in [7, 11) is 0. The summed E-state index contributed by atoms with van der Waals surface area (Å²) in [5.74, 6) is 0.979. The molecule has 1 aliphatic rings. The minimum atomic E-state index is 0.705. The predicted octanol–water partition coefficient (Wildman–Crippen LogP) is 4.76. The van der Waals surface area contributed by atoms with Crippen LogP contribution in [-0.2, 0) is 17.7 Å². The van der Waals surface area contributed by atoms with Crippen LogP contribution >= 0.6 is 11.6 Å². The van der Waals surface area contributed by atoms with Crippen molar-refractivity contribution in [1.82, 2.24) is 14.5 Å². The van der Waals surface area contributed by atoms with Gasteiger partial charge in [-0.3, -0.25) is 4.98 Å². The summed E-state index contributed by atoms with van der Waals surface area (Å²) in [6, 6.07) is 10.3. The summed E-state index contributed by atoms with van der Waals surface area (Å²) in [6.45, 7) is 8.31. The van der Waals surface area contributed by atoms with Crippen LogP contribution in [0.1, 0.15) is 22.6 Å². The van der Waals surface area contributed by atoms with Crippen molar-refractivity contribution < 1.29 is 4.74 Å². The second kappa shape index (κ2) is 6.86. The van der Waals surface area contributed by atoms with Gasteiger partial charge in [0.2, 0.25) is 0 Å². The lowest BCUT2D eigenvalue weighted by Gasteiger charge is -2.09. The lowest BCUT2D eigenvalue weighted by Crippen LogP contribution is -2.05. The Morgan fingerprint density at radius 1 is 0.962 bits per heavy atom. The topological polar surface area (TPSA) is 39.9 Å². The summed E-state index contributed by atoms with van der Waals surface area (Å²) in [6.07, 6.45) is 0.856. The van der Waals surface area contributed by atoms with Gasteiger partial charge in [-0.15, -0.1) is 0 Å². The third kappa shape index (κ3) is 3.15. The number of aromatic nitrogens is 3. The Morgan fingerprint density at radius 3 is 2.46 bits per heavy atom. The van der Waals surface area contributed by atoms with Gasteiger partial charge in [-0.2, -0.15) is 0 Å². The Labute approximate surface area is 158 Å². The maximum Gasteiger partial charge on any atom is 0.140 e. The molecule has 4 rings (SSSR count). The van der Waals surface area contributed by atoms with Crippen LogP contribution in [0.2, 0.25) is 5.02 Å². The second-order valence-corrected chi connectivity index (χ2v) is 7.25. The van der Waals surface area contributed by atoms with Crippen molar-refractivity contribution in [3.8, 4) is 22.6 Å². The quantitative estimate of drug-likeness (QED) is 0.655. The Bertz CT molecular complexity index is 957. The lowest BCUT2D eigenvalue weighted by molar-refractivity contribution is 0.140. The first kappa shape index (κ1) is 17.3. The van der Waals surface area contributed by atoms with E-state index in [4.69, 9.17) is 21.3 Å². The zero-order valence-corrected chi connectivity index (χ0v) is 16.1. The van der Waals surface area contributed by atoms with Gasteiger partial charge in [-0.1, -0.05) is 11.6 Å². The minimum absolute atomic E-state index is 0.705. The number of imidazole rings is 1. The van der Waals surface area contributed by atoms with Gasteiger partial charge >= 0.3 is 0 Å². The molecule has 2 aromatic heterocycles. The predicted molar refractivity (Wildman–Crippen MR) is 105 cm³/mol. The molecule has 0 spiro atoms. The third-order valence-corrected chi connectivity index (χ3v) is 5.21. The highest BCUT2D eigenvalue weighted by atomic mass is 35.5. The van der Waals surface area contributed by atoms with Crippen molar-refractivity contribution in [1.29, 1.82) is 0 Å². The molecule has 0 saturated heterocycles. The number of hydrogen-bond donors (Lipinski definition) is 0. The zero-order chi connectivity index (χ0) is 18.3.